The summed E-state index contributed by atoms with van der Waals surface area (Å²) in [6.45, 7) is 0.939. The average Bonchev–Trinajstić information content (AvgIpc) is 2.98. The fourth-order valence-corrected chi connectivity index (χ4v) is 1.39. The van der Waals surface area contributed by atoms with E-state index in [1.54, 1.807) is 12.3 Å². The fraction of sp³-hybridized carbons (Fsp3) is 0.444. The molecule has 1 aromatic rings. The van der Waals surface area contributed by atoms with E-state index >= 15 is 0 Å². The van der Waals surface area contributed by atoms with Gasteiger partial charge in [-0.05, 0) is 24.8 Å². The molecule has 0 spiro atoms. The number of aromatic nitrogens is 2. The van der Waals surface area contributed by atoms with Gasteiger partial charge in [0, 0.05) is 6.54 Å². The molecule has 0 atom stereocenters. The predicted molar refractivity (Wildman–Crippen MR) is 59.1 cm³/mol. The standard InChI is InChI=1S/C9H12N4S/c10-8(14)7-3-4-12-13-9(7)11-5-6-1-2-6/h3-4,6H,1-2,5H2,(H2,10,14)(H,11,13). The Morgan fingerprint density at radius 2 is 2.43 bits per heavy atom. The molecule has 4 nitrogen and oxygen atoms in total. The summed E-state index contributed by atoms with van der Waals surface area (Å²) in [6, 6.07) is 1.78. The summed E-state index contributed by atoms with van der Waals surface area (Å²) < 4.78 is 0. The quantitative estimate of drug-likeness (QED) is 0.721. The number of rotatable bonds is 4. The van der Waals surface area contributed by atoms with Gasteiger partial charge in [0.1, 0.15) is 4.99 Å². The first-order valence-electron chi connectivity index (χ1n) is 4.62. The molecule has 1 saturated carbocycles. The molecular formula is C9H12N4S. The molecule has 74 valence electrons. The lowest BCUT2D eigenvalue weighted by atomic mass is 10.3. The van der Waals surface area contributed by atoms with Crippen molar-refractivity contribution in [3.8, 4) is 0 Å². The zero-order chi connectivity index (χ0) is 9.97. The molecule has 0 saturated heterocycles. The number of anilines is 1. The van der Waals surface area contributed by atoms with Crippen molar-refractivity contribution in [2.45, 2.75) is 12.8 Å². The Bertz CT molecular complexity index is 348. The molecule has 1 aliphatic rings. The second-order valence-electron chi connectivity index (χ2n) is 3.48. The van der Waals surface area contributed by atoms with Gasteiger partial charge in [0.25, 0.3) is 0 Å². The van der Waals surface area contributed by atoms with E-state index in [2.05, 4.69) is 15.5 Å². The van der Waals surface area contributed by atoms with E-state index in [-0.39, 0.29) is 0 Å². The number of hydrogen-bond donors (Lipinski definition) is 2. The van der Waals surface area contributed by atoms with Gasteiger partial charge >= 0.3 is 0 Å². The van der Waals surface area contributed by atoms with Gasteiger partial charge in [0.05, 0.1) is 11.8 Å². The van der Waals surface area contributed by atoms with E-state index in [0.717, 1.165) is 18.0 Å². The van der Waals surface area contributed by atoms with Crippen LogP contribution in [0.25, 0.3) is 0 Å². The van der Waals surface area contributed by atoms with Crippen LogP contribution >= 0.6 is 12.2 Å². The van der Waals surface area contributed by atoms with E-state index in [1.807, 2.05) is 0 Å². The average molecular weight is 208 g/mol. The van der Waals surface area contributed by atoms with Crippen LogP contribution in [0.2, 0.25) is 0 Å². The maximum atomic E-state index is 5.56. The largest absolute Gasteiger partial charge is 0.389 e. The van der Waals surface area contributed by atoms with Gasteiger partial charge in [-0.3, -0.25) is 0 Å². The number of hydrogen-bond acceptors (Lipinski definition) is 4. The summed E-state index contributed by atoms with van der Waals surface area (Å²) in [4.78, 5) is 0.359. The van der Waals surface area contributed by atoms with Crippen molar-refractivity contribution in [2.75, 3.05) is 11.9 Å². The van der Waals surface area contributed by atoms with E-state index in [0.29, 0.717) is 10.8 Å². The van der Waals surface area contributed by atoms with Crippen LogP contribution in [-0.2, 0) is 0 Å². The van der Waals surface area contributed by atoms with Gasteiger partial charge in [0.15, 0.2) is 5.82 Å². The van der Waals surface area contributed by atoms with Crippen LogP contribution in [0, 0.1) is 5.92 Å². The highest BCUT2D eigenvalue weighted by Crippen LogP contribution is 2.28. The molecule has 0 radical (unpaired) electrons. The van der Waals surface area contributed by atoms with E-state index < -0.39 is 0 Å². The lowest BCUT2D eigenvalue weighted by Crippen LogP contribution is -2.16. The highest BCUT2D eigenvalue weighted by Gasteiger charge is 2.21. The SMILES string of the molecule is NC(=S)c1ccnnc1NCC1CC1. The minimum absolute atomic E-state index is 0.359. The number of nitrogens with one attached hydrogen (secondary N) is 1. The van der Waals surface area contributed by atoms with Crippen LogP contribution in [0.1, 0.15) is 18.4 Å². The van der Waals surface area contributed by atoms with Crippen LogP contribution < -0.4 is 11.1 Å². The summed E-state index contributed by atoms with van der Waals surface area (Å²) in [5.74, 6) is 1.49. The van der Waals surface area contributed by atoms with Crippen molar-refractivity contribution >= 4 is 23.0 Å². The Morgan fingerprint density at radius 3 is 3.07 bits per heavy atom. The van der Waals surface area contributed by atoms with Crippen LogP contribution in [0.3, 0.4) is 0 Å². The molecule has 1 aliphatic carbocycles. The minimum atomic E-state index is 0.359. The van der Waals surface area contributed by atoms with Crippen molar-refractivity contribution < 1.29 is 0 Å². The van der Waals surface area contributed by atoms with Crippen LogP contribution in [0.4, 0.5) is 5.82 Å². The molecule has 0 unspecified atom stereocenters. The third-order valence-corrected chi connectivity index (χ3v) is 2.46. The summed E-state index contributed by atoms with van der Waals surface area (Å²) in [5.41, 5.74) is 6.33. The molecule has 1 fully saturated rings. The van der Waals surface area contributed by atoms with Crippen molar-refractivity contribution in [3.05, 3.63) is 17.8 Å². The third-order valence-electron chi connectivity index (χ3n) is 2.24. The van der Waals surface area contributed by atoms with Gasteiger partial charge in [0.2, 0.25) is 0 Å². The van der Waals surface area contributed by atoms with Crippen molar-refractivity contribution in [2.24, 2.45) is 11.7 Å². The summed E-state index contributed by atoms with van der Waals surface area (Å²) in [7, 11) is 0. The van der Waals surface area contributed by atoms with Crippen molar-refractivity contribution in [1.82, 2.24) is 10.2 Å². The van der Waals surface area contributed by atoms with Gasteiger partial charge in [-0.15, -0.1) is 5.10 Å². The van der Waals surface area contributed by atoms with E-state index in [9.17, 15) is 0 Å². The Balaban J connectivity index is 2.09. The Kier molecular flexibility index (Phi) is 2.58. The number of thiocarbonyl (C=S) groups is 1. The van der Waals surface area contributed by atoms with Crippen LogP contribution in [-0.4, -0.2) is 21.7 Å². The minimum Gasteiger partial charge on any atom is -0.389 e. The molecule has 0 aliphatic heterocycles. The van der Waals surface area contributed by atoms with E-state index in [4.69, 9.17) is 18.0 Å². The van der Waals surface area contributed by atoms with Gasteiger partial charge in [-0.2, -0.15) is 5.10 Å². The fourth-order valence-electron chi connectivity index (χ4n) is 1.22. The molecule has 1 heterocycles. The second-order valence-corrected chi connectivity index (χ2v) is 3.92. The first kappa shape index (κ1) is 9.33. The predicted octanol–water partition coefficient (Wildman–Crippen LogP) is 0.933. The maximum absolute atomic E-state index is 5.56. The lowest BCUT2D eigenvalue weighted by Gasteiger charge is -2.07. The van der Waals surface area contributed by atoms with Gasteiger partial charge < -0.3 is 11.1 Å². The first-order valence-corrected chi connectivity index (χ1v) is 5.03. The molecule has 5 heteroatoms. The van der Waals surface area contributed by atoms with E-state index in [1.165, 1.54) is 12.8 Å². The molecule has 3 N–H and O–H groups in total. The molecule has 0 amide bonds. The molecular weight excluding hydrogens is 196 g/mol. The zero-order valence-corrected chi connectivity index (χ0v) is 8.55. The molecule has 2 rings (SSSR count). The summed E-state index contributed by atoms with van der Waals surface area (Å²) >= 11 is 4.92. The molecule has 1 aromatic heterocycles. The maximum Gasteiger partial charge on any atom is 0.158 e. The topological polar surface area (TPSA) is 63.8 Å². The smallest absolute Gasteiger partial charge is 0.158 e. The van der Waals surface area contributed by atoms with Gasteiger partial charge in [-0.1, -0.05) is 12.2 Å². The van der Waals surface area contributed by atoms with Crippen molar-refractivity contribution in [1.29, 1.82) is 0 Å². The molecule has 0 bridgehead atoms. The molecule has 14 heavy (non-hydrogen) atoms. The van der Waals surface area contributed by atoms with Crippen LogP contribution in [0.15, 0.2) is 12.3 Å². The monoisotopic (exact) mass is 208 g/mol. The lowest BCUT2D eigenvalue weighted by molar-refractivity contribution is 0.872. The van der Waals surface area contributed by atoms with Gasteiger partial charge in [-0.25, -0.2) is 0 Å². The normalized spacial score (nSPS) is 15.1. The Hall–Kier alpha value is -1.23. The summed E-state index contributed by atoms with van der Waals surface area (Å²) in [6.07, 6.45) is 4.20. The summed E-state index contributed by atoms with van der Waals surface area (Å²) in [5, 5.41) is 11.0. The highest BCUT2D eigenvalue weighted by atomic mass is 32.1. The van der Waals surface area contributed by atoms with Crippen molar-refractivity contribution in [3.63, 3.8) is 0 Å². The highest BCUT2D eigenvalue weighted by molar-refractivity contribution is 7.80. The Morgan fingerprint density at radius 1 is 1.64 bits per heavy atom. The number of nitrogens with two attached hydrogens (primary N) is 1. The Labute approximate surface area is 87.9 Å². The van der Waals surface area contributed by atoms with Crippen LogP contribution in [0.5, 0.6) is 0 Å². The zero-order valence-electron chi connectivity index (χ0n) is 7.73. The molecule has 0 aromatic carbocycles. The third kappa shape index (κ3) is 2.17. The second kappa shape index (κ2) is 3.88. The number of nitrogens with zero attached hydrogens (tertiary/aromatic N) is 2. The first-order chi connectivity index (χ1) is 6.77.